The lowest BCUT2D eigenvalue weighted by Crippen LogP contribution is -2.18. The van der Waals surface area contributed by atoms with Gasteiger partial charge in [0, 0.05) is 0 Å². The number of carboxylic acid groups (broad SMARTS) is 1. The number of carbonyl (C=O) groups excluding carboxylic acids is 1. The minimum absolute atomic E-state index is 0.430. The van der Waals surface area contributed by atoms with Gasteiger partial charge in [-0.3, -0.25) is 0 Å². The molecule has 2 aromatic rings. The van der Waals surface area contributed by atoms with Crippen LogP contribution in [0.4, 0.5) is 4.79 Å². The lowest BCUT2D eigenvalue weighted by molar-refractivity contribution is -0.134. The molecule has 1 atom stereocenters. The minimum Gasteiger partial charge on any atom is -0.449 e. The lowest BCUT2D eigenvalue weighted by atomic mass is 9.84. The Morgan fingerprint density at radius 3 is 2.09 bits per heavy atom. The fourth-order valence-corrected chi connectivity index (χ4v) is 3.29. The smallest absolute Gasteiger partial charge is 0.449 e. The van der Waals surface area contributed by atoms with E-state index in [1.54, 1.807) is 0 Å². The predicted molar refractivity (Wildman–Crippen MR) is 85.9 cm³/mol. The van der Waals surface area contributed by atoms with Crippen molar-refractivity contribution in [2.75, 3.05) is 0 Å². The van der Waals surface area contributed by atoms with E-state index < -0.39 is 17.5 Å². The van der Waals surface area contributed by atoms with E-state index in [1.807, 2.05) is 67.6 Å². The van der Waals surface area contributed by atoms with Gasteiger partial charge in [0.25, 0.3) is 0 Å². The molecule has 0 aromatic heterocycles. The second-order valence-electron chi connectivity index (χ2n) is 5.40. The molecule has 0 fully saturated rings. The van der Waals surface area contributed by atoms with Crippen LogP contribution in [0.5, 0.6) is 0 Å². The Bertz CT molecular complexity index is 778. The van der Waals surface area contributed by atoms with Crippen molar-refractivity contribution in [1.82, 2.24) is 0 Å². The molecular weight excluding hydrogens is 292 g/mol. The summed E-state index contributed by atoms with van der Waals surface area (Å²) >= 11 is 0. The average molecular weight is 308 g/mol. The molecule has 0 aliphatic heterocycles. The highest BCUT2D eigenvalue weighted by Crippen LogP contribution is 2.62. The Kier molecular flexibility index (Phi) is 3.74. The van der Waals surface area contributed by atoms with Gasteiger partial charge in [0.15, 0.2) is 0 Å². The third kappa shape index (κ3) is 2.42. The third-order valence-electron chi connectivity index (χ3n) is 4.28. The van der Waals surface area contributed by atoms with E-state index in [4.69, 9.17) is 5.11 Å². The maximum absolute atomic E-state index is 12.3. The maximum Gasteiger partial charge on any atom is 0.513 e. The summed E-state index contributed by atoms with van der Waals surface area (Å²) in [6, 6.07) is 19.2. The van der Waals surface area contributed by atoms with Crippen LogP contribution in [0.1, 0.15) is 24.5 Å². The SMILES string of the molecule is CCC1(c2ccccc2)C(C(=O)OC(=O)O)=C1c1ccccc1. The molecule has 0 amide bonds. The van der Waals surface area contributed by atoms with Crippen molar-refractivity contribution in [1.29, 1.82) is 0 Å². The molecular formula is C19H16O4. The van der Waals surface area contributed by atoms with Gasteiger partial charge in [-0.15, -0.1) is 0 Å². The van der Waals surface area contributed by atoms with E-state index in [0.717, 1.165) is 16.7 Å². The van der Waals surface area contributed by atoms with Gasteiger partial charge in [0.1, 0.15) is 0 Å². The van der Waals surface area contributed by atoms with Gasteiger partial charge >= 0.3 is 12.1 Å². The topological polar surface area (TPSA) is 63.6 Å². The van der Waals surface area contributed by atoms with Crippen molar-refractivity contribution in [3.63, 3.8) is 0 Å². The molecule has 4 nitrogen and oxygen atoms in total. The number of rotatable bonds is 4. The summed E-state index contributed by atoms with van der Waals surface area (Å²) in [6.45, 7) is 1.98. The Balaban J connectivity index is 2.10. The number of hydrogen-bond donors (Lipinski definition) is 1. The summed E-state index contributed by atoms with van der Waals surface area (Å²) in [5, 5.41) is 8.77. The number of ether oxygens (including phenoxy) is 1. The number of carbonyl (C=O) groups is 2. The molecule has 0 heterocycles. The van der Waals surface area contributed by atoms with Crippen LogP contribution in [0.25, 0.3) is 5.57 Å². The second-order valence-corrected chi connectivity index (χ2v) is 5.40. The Morgan fingerprint density at radius 2 is 1.57 bits per heavy atom. The molecule has 1 unspecified atom stereocenters. The van der Waals surface area contributed by atoms with Crippen LogP contribution in [0, 0.1) is 0 Å². The monoisotopic (exact) mass is 308 g/mol. The Labute approximate surface area is 134 Å². The highest BCUT2D eigenvalue weighted by atomic mass is 16.7. The first-order chi connectivity index (χ1) is 11.1. The van der Waals surface area contributed by atoms with Crippen LogP contribution in [-0.2, 0) is 14.9 Å². The van der Waals surface area contributed by atoms with Crippen molar-refractivity contribution >= 4 is 17.7 Å². The van der Waals surface area contributed by atoms with Crippen molar-refractivity contribution < 1.29 is 19.4 Å². The summed E-state index contributed by atoms with van der Waals surface area (Å²) in [7, 11) is 0. The summed E-state index contributed by atoms with van der Waals surface area (Å²) in [5.41, 5.74) is 2.59. The summed E-state index contributed by atoms with van der Waals surface area (Å²) in [4.78, 5) is 23.0. The third-order valence-corrected chi connectivity index (χ3v) is 4.28. The molecule has 0 bridgehead atoms. The van der Waals surface area contributed by atoms with E-state index in [2.05, 4.69) is 4.74 Å². The predicted octanol–water partition coefficient (Wildman–Crippen LogP) is 4.02. The van der Waals surface area contributed by atoms with Crippen LogP contribution < -0.4 is 0 Å². The normalized spacial score (nSPS) is 19.3. The number of hydrogen-bond acceptors (Lipinski definition) is 3. The van der Waals surface area contributed by atoms with Gasteiger partial charge in [-0.2, -0.15) is 0 Å². The average Bonchev–Trinajstić information content (AvgIpc) is 3.26. The molecule has 1 aliphatic carbocycles. The van der Waals surface area contributed by atoms with Crippen LogP contribution in [0.3, 0.4) is 0 Å². The van der Waals surface area contributed by atoms with Crippen LogP contribution in [-0.4, -0.2) is 17.2 Å². The zero-order valence-corrected chi connectivity index (χ0v) is 12.7. The fourth-order valence-electron chi connectivity index (χ4n) is 3.29. The molecule has 3 rings (SSSR count). The summed E-state index contributed by atoms with van der Waals surface area (Å²) in [5.74, 6) is -0.790. The molecule has 1 aliphatic rings. The molecule has 0 spiro atoms. The highest BCUT2D eigenvalue weighted by Gasteiger charge is 2.57. The van der Waals surface area contributed by atoms with E-state index in [9.17, 15) is 9.59 Å². The second kappa shape index (κ2) is 5.72. The molecule has 23 heavy (non-hydrogen) atoms. The first-order valence-corrected chi connectivity index (χ1v) is 7.42. The van der Waals surface area contributed by atoms with E-state index in [1.165, 1.54) is 0 Å². The molecule has 2 aromatic carbocycles. The van der Waals surface area contributed by atoms with Crippen molar-refractivity contribution in [2.45, 2.75) is 18.8 Å². The van der Waals surface area contributed by atoms with Gasteiger partial charge < -0.3 is 9.84 Å². The number of esters is 1. The van der Waals surface area contributed by atoms with E-state index >= 15 is 0 Å². The van der Waals surface area contributed by atoms with Crippen molar-refractivity contribution in [3.8, 4) is 0 Å². The molecule has 0 radical (unpaired) electrons. The summed E-state index contributed by atoms with van der Waals surface area (Å²) in [6.07, 6.45) is -0.925. The lowest BCUT2D eigenvalue weighted by Gasteiger charge is -2.18. The van der Waals surface area contributed by atoms with E-state index in [0.29, 0.717) is 12.0 Å². The maximum atomic E-state index is 12.3. The van der Waals surface area contributed by atoms with E-state index in [-0.39, 0.29) is 0 Å². The largest absolute Gasteiger partial charge is 0.513 e. The van der Waals surface area contributed by atoms with Gasteiger partial charge in [-0.05, 0) is 23.1 Å². The molecule has 0 saturated heterocycles. The van der Waals surface area contributed by atoms with Gasteiger partial charge in [0.2, 0.25) is 0 Å². The molecule has 116 valence electrons. The first-order valence-electron chi connectivity index (χ1n) is 7.42. The standard InChI is InChI=1S/C19H16O4/c1-2-19(14-11-7-4-8-12-14)15(13-9-5-3-6-10-13)16(19)17(20)23-18(21)22/h3-12H,2H2,1H3,(H,21,22). The summed E-state index contributed by atoms with van der Waals surface area (Å²) < 4.78 is 4.42. The Hall–Kier alpha value is -2.88. The number of benzene rings is 2. The molecule has 1 N–H and O–H groups in total. The highest BCUT2D eigenvalue weighted by molar-refractivity contribution is 6.17. The zero-order valence-electron chi connectivity index (χ0n) is 12.7. The fraction of sp³-hybridized carbons (Fsp3) is 0.158. The van der Waals surface area contributed by atoms with Crippen molar-refractivity contribution in [2.24, 2.45) is 0 Å². The van der Waals surface area contributed by atoms with Crippen LogP contribution in [0.15, 0.2) is 66.2 Å². The minimum atomic E-state index is -1.58. The van der Waals surface area contributed by atoms with Gasteiger partial charge in [0.05, 0.1) is 11.0 Å². The molecule has 4 heteroatoms. The Morgan fingerprint density at radius 1 is 1.00 bits per heavy atom. The van der Waals surface area contributed by atoms with Crippen LogP contribution >= 0.6 is 0 Å². The van der Waals surface area contributed by atoms with Gasteiger partial charge in [-0.1, -0.05) is 67.6 Å². The number of allylic oxidation sites excluding steroid dienone is 1. The van der Waals surface area contributed by atoms with Gasteiger partial charge in [-0.25, -0.2) is 9.59 Å². The van der Waals surface area contributed by atoms with Crippen LogP contribution in [0.2, 0.25) is 0 Å². The van der Waals surface area contributed by atoms with Crippen molar-refractivity contribution in [3.05, 3.63) is 77.4 Å². The molecule has 0 saturated carbocycles. The zero-order chi connectivity index (χ0) is 16.4. The first kappa shape index (κ1) is 15.0. The quantitative estimate of drug-likeness (QED) is 0.684.